The van der Waals surface area contributed by atoms with E-state index in [4.69, 9.17) is 0 Å². The van der Waals surface area contributed by atoms with Gasteiger partial charge in [-0.25, -0.2) is 0 Å². The van der Waals surface area contributed by atoms with Crippen LogP contribution in [0.15, 0.2) is 84.9 Å². The zero-order chi connectivity index (χ0) is 17.7. The number of hydrogen-bond donors (Lipinski definition) is 0. The van der Waals surface area contributed by atoms with Crippen LogP contribution in [0.4, 0.5) is 0 Å². The van der Waals surface area contributed by atoms with Crippen molar-refractivity contribution in [2.24, 2.45) is 0 Å². The Kier molecular flexibility index (Phi) is 3.36. The second kappa shape index (κ2) is 5.74. The van der Waals surface area contributed by atoms with E-state index in [1.54, 1.807) is 0 Å². The first-order chi connectivity index (χ1) is 12.8. The molecular formula is C25H21N. The quantitative estimate of drug-likeness (QED) is 0.325. The van der Waals surface area contributed by atoms with Crippen LogP contribution in [0.25, 0.3) is 38.3 Å². The maximum absolute atomic E-state index is 2.41. The lowest BCUT2D eigenvalue weighted by Crippen LogP contribution is -1.95. The van der Waals surface area contributed by atoms with Crippen molar-refractivity contribution in [1.29, 1.82) is 0 Å². The average molecular weight is 335 g/mol. The Morgan fingerprint density at radius 1 is 0.654 bits per heavy atom. The lowest BCUT2D eigenvalue weighted by Gasteiger charge is -2.14. The van der Waals surface area contributed by atoms with Crippen LogP contribution in [0, 0.1) is 0 Å². The van der Waals surface area contributed by atoms with Crippen LogP contribution in [-0.4, -0.2) is 4.57 Å². The molecule has 0 amide bonds. The summed E-state index contributed by atoms with van der Waals surface area (Å²) in [5.41, 5.74) is 5.22. The van der Waals surface area contributed by atoms with E-state index in [1.807, 2.05) is 0 Å². The van der Waals surface area contributed by atoms with Gasteiger partial charge in [0, 0.05) is 16.5 Å². The lowest BCUT2D eigenvalue weighted by molar-refractivity contribution is 0.886. The van der Waals surface area contributed by atoms with Crippen molar-refractivity contribution in [3.63, 3.8) is 0 Å². The maximum Gasteiger partial charge on any atom is 0.0550 e. The lowest BCUT2D eigenvalue weighted by atomic mass is 9.91. The predicted molar refractivity (Wildman–Crippen MR) is 112 cm³/mol. The van der Waals surface area contributed by atoms with Gasteiger partial charge in [-0.05, 0) is 46.5 Å². The molecule has 0 radical (unpaired) electrons. The van der Waals surface area contributed by atoms with E-state index in [-0.39, 0.29) is 0 Å². The Morgan fingerprint density at radius 3 is 2.08 bits per heavy atom. The van der Waals surface area contributed by atoms with E-state index in [2.05, 4.69) is 103 Å². The molecule has 1 heteroatoms. The highest BCUT2D eigenvalue weighted by atomic mass is 15.0. The van der Waals surface area contributed by atoms with Crippen LogP contribution in [0.5, 0.6) is 0 Å². The molecule has 0 saturated carbocycles. The molecule has 126 valence electrons. The largest absolute Gasteiger partial charge is 0.309 e. The zero-order valence-corrected chi connectivity index (χ0v) is 15.1. The van der Waals surface area contributed by atoms with Gasteiger partial charge in [0.15, 0.2) is 0 Å². The maximum atomic E-state index is 2.41. The van der Waals surface area contributed by atoms with Gasteiger partial charge in [0.25, 0.3) is 0 Å². The topological polar surface area (TPSA) is 4.93 Å². The summed E-state index contributed by atoms with van der Waals surface area (Å²) in [6.45, 7) is 4.60. The van der Waals surface area contributed by atoms with Crippen molar-refractivity contribution in [3.05, 3.63) is 90.5 Å². The van der Waals surface area contributed by atoms with Gasteiger partial charge in [0.05, 0.1) is 11.0 Å². The molecular weight excluding hydrogens is 314 g/mol. The molecule has 5 rings (SSSR count). The molecule has 5 aromatic rings. The normalized spacial score (nSPS) is 11.8. The van der Waals surface area contributed by atoms with E-state index in [1.165, 1.54) is 43.8 Å². The van der Waals surface area contributed by atoms with E-state index in [9.17, 15) is 0 Å². The molecule has 0 bridgehead atoms. The van der Waals surface area contributed by atoms with Crippen molar-refractivity contribution >= 4 is 32.6 Å². The number of nitrogens with zero attached hydrogens (tertiary/aromatic N) is 1. The Balaban J connectivity index is 2.09. The standard InChI is InChI=1S/C25H21N/c1-17(2)24-20-13-7-6-10-18(20)16-23-25(24)21-14-8-9-15-22(21)26(23)19-11-4-3-5-12-19/h3-17H,1-2H3. The number of hydrogen-bond acceptors (Lipinski definition) is 0. The first-order valence-electron chi connectivity index (χ1n) is 9.26. The van der Waals surface area contributed by atoms with Crippen LogP contribution >= 0.6 is 0 Å². The Hall–Kier alpha value is -3.06. The van der Waals surface area contributed by atoms with Crippen LogP contribution < -0.4 is 0 Å². The molecule has 1 nitrogen and oxygen atoms in total. The molecule has 0 fully saturated rings. The SMILES string of the molecule is CC(C)c1c2ccccc2cc2c1c1ccccc1n2-c1ccccc1. The molecule has 0 N–H and O–H groups in total. The summed E-state index contributed by atoms with van der Waals surface area (Å²) in [6.07, 6.45) is 0. The van der Waals surface area contributed by atoms with Gasteiger partial charge in [-0.1, -0.05) is 74.5 Å². The molecule has 0 aliphatic carbocycles. The predicted octanol–water partition coefficient (Wildman–Crippen LogP) is 7.06. The minimum absolute atomic E-state index is 0.457. The Morgan fingerprint density at radius 2 is 1.31 bits per heavy atom. The third kappa shape index (κ3) is 2.10. The summed E-state index contributed by atoms with van der Waals surface area (Å²) < 4.78 is 2.41. The molecule has 0 saturated heterocycles. The highest BCUT2D eigenvalue weighted by Gasteiger charge is 2.18. The zero-order valence-electron chi connectivity index (χ0n) is 15.1. The Bertz CT molecular complexity index is 1240. The molecule has 1 aromatic heterocycles. The number of fused-ring (bicyclic) bond motifs is 4. The van der Waals surface area contributed by atoms with Gasteiger partial charge in [-0.3, -0.25) is 0 Å². The number of benzene rings is 4. The molecule has 26 heavy (non-hydrogen) atoms. The average Bonchev–Trinajstić information content (AvgIpc) is 3.00. The first kappa shape index (κ1) is 15.2. The first-order valence-corrected chi connectivity index (χ1v) is 9.26. The molecule has 4 aromatic carbocycles. The molecule has 0 spiro atoms. The highest BCUT2D eigenvalue weighted by Crippen LogP contribution is 2.40. The summed E-state index contributed by atoms with van der Waals surface area (Å²) in [5.74, 6) is 0.457. The van der Waals surface area contributed by atoms with Gasteiger partial charge in [-0.2, -0.15) is 0 Å². The van der Waals surface area contributed by atoms with E-state index in [0.717, 1.165) is 0 Å². The van der Waals surface area contributed by atoms with Crippen molar-refractivity contribution in [3.8, 4) is 5.69 Å². The fourth-order valence-electron chi connectivity index (χ4n) is 4.28. The monoisotopic (exact) mass is 335 g/mol. The van der Waals surface area contributed by atoms with E-state index < -0.39 is 0 Å². The summed E-state index contributed by atoms with van der Waals surface area (Å²) >= 11 is 0. The fourth-order valence-corrected chi connectivity index (χ4v) is 4.28. The minimum Gasteiger partial charge on any atom is -0.309 e. The summed E-state index contributed by atoms with van der Waals surface area (Å²) in [4.78, 5) is 0. The van der Waals surface area contributed by atoms with Crippen LogP contribution in [-0.2, 0) is 0 Å². The van der Waals surface area contributed by atoms with E-state index >= 15 is 0 Å². The minimum atomic E-state index is 0.457. The summed E-state index contributed by atoms with van der Waals surface area (Å²) in [6, 6.07) is 30.6. The molecule has 0 aliphatic heterocycles. The van der Waals surface area contributed by atoms with Crippen molar-refractivity contribution < 1.29 is 0 Å². The molecule has 0 aliphatic rings. The molecule has 1 heterocycles. The molecule has 0 atom stereocenters. The van der Waals surface area contributed by atoms with Gasteiger partial charge in [0.2, 0.25) is 0 Å². The summed E-state index contributed by atoms with van der Waals surface area (Å²) in [7, 11) is 0. The third-order valence-electron chi connectivity index (χ3n) is 5.32. The van der Waals surface area contributed by atoms with Gasteiger partial charge in [-0.15, -0.1) is 0 Å². The Labute approximate surface area is 153 Å². The van der Waals surface area contributed by atoms with Crippen molar-refractivity contribution in [1.82, 2.24) is 4.57 Å². The van der Waals surface area contributed by atoms with Crippen molar-refractivity contribution in [2.45, 2.75) is 19.8 Å². The van der Waals surface area contributed by atoms with Crippen LogP contribution in [0.1, 0.15) is 25.3 Å². The van der Waals surface area contributed by atoms with Crippen LogP contribution in [0.3, 0.4) is 0 Å². The smallest absolute Gasteiger partial charge is 0.0550 e. The van der Waals surface area contributed by atoms with Crippen molar-refractivity contribution in [2.75, 3.05) is 0 Å². The van der Waals surface area contributed by atoms with Gasteiger partial charge < -0.3 is 4.57 Å². The number of para-hydroxylation sites is 2. The third-order valence-corrected chi connectivity index (χ3v) is 5.32. The highest BCUT2D eigenvalue weighted by molar-refractivity contribution is 6.16. The second-order valence-corrected chi connectivity index (χ2v) is 7.25. The molecule has 0 unspecified atom stereocenters. The second-order valence-electron chi connectivity index (χ2n) is 7.25. The number of aromatic nitrogens is 1. The van der Waals surface area contributed by atoms with E-state index in [0.29, 0.717) is 5.92 Å². The van der Waals surface area contributed by atoms with Crippen LogP contribution in [0.2, 0.25) is 0 Å². The number of rotatable bonds is 2. The van der Waals surface area contributed by atoms with Gasteiger partial charge >= 0.3 is 0 Å². The fraction of sp³-hybridized carbons (Fsp3) is 0.120. The van der Waals surface area contributed by atoms with Gasteiger partial charge in [0.1, 0.15) is 0 Å². The summed E-state index contributed by atoms with van der Waals surface area (Å²) in [5, 5.41) is 5.40.